The number of halogens is 2. The van der Waals surface area contributed by atoms with Crippen molar-refractivity contribution in [1.29, 1.82) is 0 Å². The number of carbonyl (C=O) groups is 2. The molecule has 1 unspecified atom stereocenters. The summed E-state index contributed by atoms with van der Waals surface area (Å²) in [7, 11) is 0. The predicted octanol–water partition coefficient (Wildman–Crippen LogP) is 3.88. The molecule has 0 radical (unpaired) electrons. The molecular weight excluding hydrogens is 348 g/mol. The average Bonchev–Trinajstić information content (AvgIpc) is 2.53. The normalized spacial score (nSPS) is 11.7. The first-order valence-electron chi connectivity index (χ1n) is 7.70. The average molecular weight is 365 g/mol. The van der Waals surface area contributed by atoms with Gasteiger partial charge in [0.1, 0.15) is 23.1 Å². The quantitative estimate of drug-likeness (QED) is 0.778. The second kappa shape index (κ2) is 8.39. The Morgan fingerprint density at radius 3 is 2.35 bits per heavy atom. The van der Waals surface area contributed by atoms with Crippen molar-refractivity contribution >= 4 is 17.6 Å². The number of carboxylic acid groups (broad SMARTS) is 1. The van der Waals surface area contributed by atoms with Gasteiger partial charge in [0.15, 0.2) is 6.10 Å². The van der Waals surface area contributed by atoms with Gasteiger partial charge in [0.25, 0.3) is 0 Å². The van der Waals surface area contributed by atoms with Gasteiger partial charge in [-0.15, -0.1) is 0 Å². The topological polar surface area (TPSA) is 84.9 Å². The summed E-state index contributed by atoms with van der Waals surface area (Å²) in [4.78, 5) is 22.2. The number of carboxylic acids is 1. The molecule has 26 heavy (non-hydrogen) atoms. The summed E-state index contributed by atoms with van der Waals surface area (Å²) in [5.41, 5.74) is -0.242. The van der Waals surface area contributed by atoms with Crippen LogP contribution in [0.25, 0.3) is 0 Å². The van der Waals surface area contributed by atoms with E-state index in [1.807, 2.05) is 0 Å². The molecule has 0 fully saturated rings. The monoisotopic (exact) mass is 365 g/mol. The number of amides is 1. The molecule has 138 valence electrons. The molecule has 0 saturated carbocycles. The van der Waals surface area contributed by atoms with Gasteiger partial charge in [0.05, 0.1) is 5.56 Å². The molecule has 0 aliphatic rings. The van der Waals surface area contributed by atoms with Crippen molar-refractivity contribution in [2.24, 2.45) is 0 Å². The maximum absolute atomic E-state index is 14.3. The van der Waals surface area contributed by atoms with E-state index < -0.39 is 29.3 Å². The minimum Gasteiger partial charge on any atom is -0.479 e. The smallest absolute Gasteiger partial charge is 0.337 e. The van der Waals surface area contributed by atoms with Gasteiger partial charge in [0, 0.05) is 37.4 Å². The van der Waals surface area contributed by atoms with E-state index in [2.05, 4.69) is 5.32 Å². The lowest BCUT2D eigenvalue weighted by atomic mass is 10.1. The van der Waals surface area contributed by atoms with Crippen LogP contribution in [0.15, 0.2) is 36.4 Å². The van der Waals surface area contributed by atoms with Crippen molar-refractivity contribution in [3.05, 3.63) is 53.6 Å². The molecule has 1 atom stereocenters. The molecule has 2 rings (SSSR count). The Morgan fingerprint density at radius 2 is 1.81 bits per heavy atom. The number of carbonyl (C=O) groups excluding carboxylic acids is 1. The zero-order chi connectivity index (χ0) is 19.3. The SMILES string of the molecule is CCOC(C(=O)O)c1c(F)cc(Oc2cccc(NC(C)=O)c2)cc1F. The minimum absolute atomic E-state index is 0.0238. The number of nitrogens with one attached hydrogen (secondary N) is 1. The van der Waals surface area contributed by atoms with Crippen LogP contribution >= 0.6 is 0 Å². The van der Waals surface area contributed by atoms with Crippen LogP contribution in [0, 0.1) is 11.6 Å². The number of hydrogen-bond donors (Lipinski definition) is 2. The van der Waals surface area contributed by atoms with Crippen molar-refractivity contribution in [2.45, 2.75) is 20.0 Å². The van der Waals surface area contributed by atoms with Crippen LogP contribution in [0.3, 0.4) is 0 Å². The molecule has 1 amide bonds. The number of ether oxygens (including phenoxy) is 2. The van der Waals surface area contributed by atoms with E-state index in [-0.39, 0.29) is 24.0 Å². The first-order chi connectivity index (χ1) is 12.3. The highest BCUT2D eigenvalue weighted by Crippen LogP contribution is 2.31. The molecule has 0 bridgehead atoms. The predicted molar refractivity (Wildman–Crippen MR) is 89.2 cm³/mol. The van der Waals surface area contributed by atoms with E-state index in [4.69, 9.17) is 14.6 Å². The van der Waals surface area contributed by atoms with Crippen molar-refractivity contribution in [3.63, 3.8) is 0 Å². The van der Waals surface area contributed by atoms with Crippen LogP contribution in [0.2, 0.25) is 0 Å². The zero-order valence-electron chi connectivity index (χ0n) is 14.1. The van der Waals surface area contributed by atoms with E-state index >= 15 is 0 Å². The number of benzene rings is 2. The van der Waals surface area contributed by atoms with Gasteiger partial charge in [-0.25, -0.2) is 13.6 Å². The Balaban J connectivity index is 2.30. The number of rotatable bonds is 7. The second-order valence-electron chi connectivity index (χ2n) is 5.29. The van der Waals surface area contributed by atoms with Crippen LogP contribution in [0.4, 0.5) is 14.5 Å². The lowest BCUT2D eigenvalue weighted by molar-refractivity contribution is -0.151. The van der Waals surface area contributed by atoms with Crippen molar-refractivity contribution < 1.29 is 33.0 Å². The largest absolute Gasteiger partial charge is 0.479 e. The van der Waals surface area contributed by atoms with E-state index in [9.17, 15) is 18.4 Å². The molecule has 0 spiro atoms. The molecule has 2 N–H and O–H groups in total. The lowest BCUT2D eigenvalue weighted by Crippen LogP contribution is -2.18. The Labute approximate surface area is 148 Å². The maximum Gasteiger partial charge on any atom is 0.337 e. The van der Waals surface area contributed by atoms with Gasteiger partial charge in [-0.1, -0.05) is 6.07 Å². The van der Waals surface area contributed by atoms with E-state index in [0.717, 1.165) is 12.1 Å². The molecular formula is C18H17F2NO5. The third-order valence-electron chi connectivity index (χ3n) is 3.26. The van der Waals surface area contributed by atoms with Crippen LogP contribution in [0.5, 0.6) is 11.5 Å². The third kappa shape index (κ3) is 4.76. The first-order valence-corrected chi connectivity index (χ1v) is 7.70. The lowest BCUT2D eigenvalue weighted by Gasteiger charge is -2.16. The van der Waals surface area contributed by atoms with Crippen molar-refractivity contribution in [1.82, 2.24) is 0 Å². The summed E-state index contributed by atoms with van der Waals surface area (Å²) >= 11 is 0. The van der Waals surface area contributed by atoms with Gasteiger partial charge in [-0.3, -0.25) is 4.79 Å². The van der Waals surface area contributed by atoms with Gasteiger partial charge in [-0.2, -0.15) is 0 Å². The fourth-order valence-corrected chi connectivity index (χ4v) is 2.29. The van der Waals surface area contributed by atoms with Crippen molar-refractivity contribution in [2.75, 3.05) is 11.9 Å². The Bertz CT molecular complexity index is 802. The highest BCUT2D eigenvalue weighted by molar-refractivity contribution is 5.88. The minimum atomic E-state index is -1.75. The highest BCUT2D eigenvalue weighted by atomic mass is 19.1. The molecule has 0 heterocycles. The van der Waals surface area contributed by atoms with Crippen LogP contribution in [-0.4, -0.2) is 23.6 Å². The Kier molecular flexibility index (Phi) is 6.24. The summed E-state index contributed by atoms with van der Waals surface area (Å²) in [6.45, 7) is 2.84. The molecule has 0 aromatic heterocycles. The fraction of sp³-hybridized carbons (Fsp3) is 0.222. The summed E-state index contributed by atoms with van der Waals surface area (Å²) < 4.78 is 38.9. The Morgan fingerprint density at radius 1 is 1.15 bits per heavy atom. The van der Waals surface area contributed by atoms with Crippen molar-refractivity contribution in [3.8, 4) is 11.5 Å². The molecule has 2 aromatic carbocycles. The third-order valence-corrected chi connectivity index (χ3v) is 3.26. The molecule has 0 aliphatic heterocycles. The highest BCUT2D eigenvalue weighted by Gasteiger charge is 2.28. The van der Waals surface area contributed by atoms with Gasteiger partial charge < -0.3 is 19.9 Å². The van der Waals surface area contributed by atoms with Crippen LogP contribution in [0.1, 0.15) is 25.5 Å². The summed E-state index contributed by atoms with van der Waals surface area (Å²) in [6.07, 6.45) is -1.75. The first kappa shape index (κ1) is 19.3. The van der Waals surface area contributed by atoms with E-state index in [1.54, 1.807) is 12.1 Å². The standard InChI is InChI=1S/C18H17F2NO5/c1-3-25-17(18(23)24)16-14(19)8-13(9-15(16)20)26-12-6-4-5-11(7-12)21-10(2)22/h4-9,17H,3H2,1-2H3,(H,21,22)(H,23,24). The summed E-state index contributed by atoms with van der Waals surface area (Å²) in [5, 5.41) is 11.6. The summed E-state index contributed by atoms with van der Waals surface area (Å²) in [5.74, 6) is -3.90. The molecule has 8 heteroatoms. The molecule has 6 nitrogen and oxygen atoms in total. The number of anilines is 1. The Hall–Kier alpha value is -3.00. The van der Waals surface area contributed by atoms with E-state index in [1.165, 1.54) is 26.0 Å². The van der Waals surface area contributed by atoms with Gasteiger partial charge in [-0.05, 0) is 19.1 Å². The van der Waals surface area contributed by atoms with Gasteiger partial charge >= 0.3 is 5.97 Å². The number of aliphatic carboxylic acids is 1. The fourth-order valence-electron chi connectivity index (χ4n) is 2.29. The number of hydrogen-bond acceptors (Lipinski definition) is 4. The van der Waals surface area contributed by atoms with Gasteiger partial charge in [0.2, 0.25) is 5.91 Å². The zero-order valence-corrected chi connectivity index (χ0v) is 14.1. The molecule has 0 aliphatic carbocycles. The maximum atomic E-state index is 14.3. The van der Waals surface area contributed by atoms with Crippen LogP contribution < -0.4 is 10.1 Å². The molecule has 2 aromatic rings. The van der Waals surface area contributed by atoms with E-state index in [0.29, 0.717) is 5.69 Å². The molecule has 0 saturated heterocycles. The van der Waals surface area contributed by atoms with Crippen LogP contribution in [-0.2, 0) is 14.3 Å². The second-order valence-corrected chi connectivity index (χ2v) is 5.29. The summed E-state index contributed by atoms with van der Waals surface area (Å²) in [6, 6.07) is 7.98.